The Morgan fingerprint density at radius 2 is 1.95 bits per heavy atom. The van der Waals surface area contributed by atoms with E-state index in [-0.39, 0.29) is 21.9 Å². The van der Waals surface area contributed by atoms with Crippen LogP contribution in [-0.2, 0) is 16.0 Å². The SMILES string of the molecule is CC(CN)C1=Cc2cc(C(F)(F)F)ccc2S1(=O)=O. The van der Waals surface area contributed by atoms with Gasteiger partial charge in [0.2, 0.25) is 9.84 Å². The lowest BCUT2D eigenvalue weighted by atomic mass is 10.1. The predicted molar refractivity (Wildman–Crippen MR) is 64.8 cm³/mol. The summed E-state index contributed by atoms with van der Waals surface area (Å²) in [4.78, 5) is -0.0138. The van der Waals surface area contributed by atoms with Crippen molar-refractivity contribution in [3.8, 4) is 0 Å². The molecule has 104 valence electrons. The molecule has 19 heavy (non-hydrogen) atoms. The van der Waals surface area contributed by atoms with Crippen LogP contribution in [-0.4, -0.2) is 15.0 Å². The zero-order valence-corrected chi connectivity index (χ0v) is 10.8. The highest BCUT2D eigenvalue weighted by molar-refractivity contribution is 7.95. The van der Waals surface area contributed by atoms with Crippen LogP contribution in [0, 0.1) is 5.92 Å². The first kappa shape index (κ1) is 14.1. The second-order valence-corrected chi connectivity index (χ2v) is 6.36. The number of fused-ring (bicyclic) bond motifs is 1. The van der Waals surface area contributed by atoms with Crippen LogP contribution in [0.2, 0.25) is 0 Å². The standard InChI is InChI=1S/C12H12F3NO2S/c1-7(6-16)11-5-8-4-9(12(13,14)15)2-3-10(8)19(11,17)18/h2-5,7H,6,16H2,1H3. The zero-order valence-electron chi connectivity index (χ0n) is 10.0. The highest BCUT2D eigenvalue weighted by atomic mass is 32.2. The fraction of sp³-hybridized carbons (Fsp3) is 0.333. The van der Waals surface area contributed by atoms with Gasteiger partial charge in [0.25, 0.3) is 0 Å². The van der Waals surface area contributed by atoms with Crippen molar-refractivity contribution in [2.75, 3.05) is 6.54 Å². The molecule has 0 bridgehead atoms. The number of halogens is 3. The lowest BCUT2D eigenvalue weighted by molar-refractivity contribution is -0.137. The molecule has 1 atom stereocenters. The molecule has 7 heteroatoms. The second kappa shape index (κ2) is 4.35. The van der Waals surface area contributed by atoms with Crippen molar-refractivity contribution in [1.29, 1.82) is 0 Å². The third-order valence-electron chi connectivity index (χ3n) is 3.07. The number of hydrogen-bond acceptors (Lipinski definition) is 3. The molecule has 0 spiro atoms. The van der Waals surface area contributed by atoms with E-state index in [9.17, 15) is 21.6 Å². The molecule has 0 saturated heterocycles. The summed E-state index contributed by atoms with van der Waals surface area (Å²) < 4.78 is 62.0. The molecule has 0 saturated carbocycles. The lowest BCUT2D eigenvalue weighted by Gasteiger charge is -2.10. The van der Waals surface area contributed by atoms with Gasteiger partial charge in [-0.25, -0.2) is 8.42 Å². The van der Waals surface area contributed by atoms with Crippen LogP contribution in [0.3, 0.4) is 0 Å². The molecule has 1 aliphatic rings. The number of nitrogens with two attached hydrogens (primary N) is 1. The molecule has 2 rings (SSSR count). The molecule has 1 aromatic carbocycles. The molecule has 3 nitrogen and oxygen atoms in total. The topological polar surface area (TPSA) is 60.2 Å². The van der Waals surface area contributed by atoms with Gasteiger partial charge in [0, 0.05) is 5.92 Å². The van der Waals surface area contributed by atoms with E-state index in [2.05, 4.69) is 0 Å². The van der Waals surface area contributed by atoms with Crippen LogP contribution < -0.4 is 5.73 Å². The number of hydrogen-bond donors (Lipinski definition) is 1. The van der Waals surface area contributed by atoms with E-state index in [0.29, 0.717) is 0 Å². The maximum atomic E-state index is 12.6. The van der Waals surface area contributed by atoms with E-state index in [1.165, 1.54) is 6.08 Å². The van der Waals surface area contributed by atoms with Crippen molar-refractivity contribution in [2.45, 2.75) is 18.0 Å². The van der Waals surface area contributed by atoms with Crippen LogP contribution >= 0.6 is 0 Å². The first-order valence-corrected chi connectivity index (χ1v) is 7.04. The zero-order chi connectivity index (χ0) is 14.4. The number of alkyl halides is 3. The number of benzene rings is 1. The van der Waals surface area contributed by atoms with Gasteiger partial charge in [-0.1, -0.05) is 6.92 Å². The molecule has 1 unspecified atom stereocenters. The summed E-state index contributed by atoms with van der Waals surface area (Å²) in [6.07, 6.45) is -3.22. The van der Waals surface area contributed by atoms with Crippen molar-refractivity contribution in [2.24, 2.45) is 11.7 Å². The smallest absolute Gasteiger partial charge is 0.330 e. The molecule has 0 amide bonds. The van der Waals surface area contributed by atoms with Crippen LogP contribution in [0.4, 0.5) is 13.2 Å². The van der Waals surface area contributed by atoms with E-state index in [0.717, 1.165) is 18.2 Å². The van der Waals surface area contributed by atoms with E-state index in [1.54, 1.807) is 6.92 Å². The Kier molecular flexibility index (Phi) is 3.22. The summed E-state index contributed by atoms with van der Waals surface area (Å²) in [7, 11) is -3.71. The number of rotatable bonds is 2. The Morgan fingerprint density at radius 1 is 1.32 bits per heavy atom. The molecule has 0 radical (unpaired) electrons. The van der Waals surface area contributed by atoms with Gasteiger partial charge < -0.3 is 5.73 Å². The number of sulfone groups is 1. The third-order valence-corrected chi connectivity index (χ3v) is 5.17. The summed E-state index contributed by atoms with van der Waals surface area (Å²) in [5.74, 6) is -0.424. The van der Waals surface area contributed by atoms with Crippen LogP contribution in [0.15, 0.2) is 28.0 Å². The molecule has 1 aromatic rings. The van der Waals surface area contributed by atoms with Crippen molar-refractivity contribution in [3.63, 3.8) is 0 Å². The van der Waals surface area contributed by atoms with Gasteiger partial charge in [-0.05, 0) is 36.4 Å². The van der Waals surface area contributed by atoms with E-state index in [4.69, 9.17) is 5.73 Å². The molecule has 2 N–H and O–H groups in total. The van der Waals surface area contributed by atoms with Crippen LogP contribution in [0.1, 0.15) is 18.1 Å². The Labute approximate surface area is 108 Å². The van der Waals surface area contributed by atoms with Gasteiger partial charge in [-0.2, -0.15) is 13.2 Å². The Hall–Kier alpha value is -1.34. The predicted octanol–water partition coefficient (Wildman–Crippen LogP) is 2.43. The van der Waals surface area contributed by atoms with E-state index < -0.39 is 27.5 Å². The highest BCUT2D eigenvalue weighted by Crippen LogP contribution is 2.39. The molecule has 1 heterocycles. The van der Waals surface area contributed by atoms with E-state index in [1.807, 2.05) is 0 Å². The first-order chi connectivity index (χ1) is 8.67. The average molecular weight is 291 g/mol. The van der Waals surface area contributed by atoms with Crippen LogP contribution in [0.25, 0.3) is 6.08 Å². The Morgan fingerprint density at radius 3 is 2.47 bits per heavy atom. The summed E-state index contributed by atoms with van der Waals surface area (Å²) in [5, 5.41) is 0. The normalized spacial score (nSPS) is 18.9. The van der Waals surface area contributed by atoms with Gasteiger partial charge in [-0.3, -0.25) is 0 Å². The monoisotopic (exact) mass is 291 g/mol. The molecule has 0 aromatic heterocycles. The van der Waals surface area contributed by atoms with Crippen molar-refractivity contribution >= 4 is 15.9 Å². The highest BCUT2D eigenvalue weighted by Gasteiger charge is 2.36. The van der Waals surface area contributed by atoms with Crippen molar-refractivity contribution in [3.05, 3.63) is 34.2 Å². The molecule has 1 aliphatic heterocycles. The molecule has 0 fully saturated rings. The second-order valence-electron chi connectivity index (χ2n) is 4.44. The summed E-state index contributed by atoms with van der Waals surface area (Å²) in [6.45, 7) is 1.74. The fourth-order valence-electron chi connectivity index (χ4n) is 1.96. The fourth-order valence-corrected chi connectivity index (χ4v) is 3.80. The minimum Gasteiger partial charge on any atom is -0.330 e. The molecular formula is C12H12F3NO2S. The Balaban J connectivity index is 2.58. The van der Waals surface area contributed by atoms with Gasteiger partial charge >= 0.3 is 6.18 Å². The van der Waals surface area contributed by atoms with Gasteiger partial charge in [0.1, 0.15) is 0 Å². The van der Waals surface area contributed by atoms with Crippen molar-refractivity contribution < 1.29 is 21.6 Å². The largest absolute Gasteiger partial charge is 0.416 e. The summed E-state index contributed by atoms with van der Waals surface area (Å²) >= 11 is 0. The third kappa shape index (κ3) is 2.28. The molecular weight excluding hydrogens is 279 g/mol. The van der Waals surface area contributed by atoms with Gasteiger partial charge in [0.15, 0.2) is 0 Å². The minimum absolute atomic E-state index is 0.0734. The van der Waals surface area contributed by atoms with E-state index >= 15 is 0 Å². The summed E-state index contributed by atoms with van der Waals surface area (Å²) in [5.41, 5.74) is 4.63. The molecule has 0 aliphatic carbocycles. The van der Waals surface area contributed by atoms with Crippen LogP contribution in [0.5, 0.6) is 0 Å². The van der Waals surface area contributed by atoms with Crippen molar-refractivity contribution in [1.82, 2.24) is 0 Å². The average Bonchev–Trinajstić information content (AvgIpc) is 2.59. The first-order valence-electron chi connectivity index (χ1n) is 5.56. The maximum Gasteiger partial charge on any atom is 0.416 e. The van der Waals surface area contributed by atoms with Gasteiger partial charge in [0.05, 0.1) is 15.4 Å². The van der Waals surface area contributed by atoms with Gasteiger partial charge in [-0.15, -0.1) is 0 Å². The Bertz CT molecular complexity index is 647. The maximum absolute atomic E-state index is 12.6. The minimum atomic E-state index is -4.49. The summed E-state index contributed by atoms with van der Waals surface area (Å²) in [6, 6.07) is 2.63. The quantitative estimate of drug-likeness (QED) is 0.910. The lowest BCUT2D eigenvalue weighted by Crippen LogP contribution is -2.17.